The fraction of sp³-hybridized carbons (Fsp3) is 0.538. The van der Waals surface area contributed by atoms with Crippen LogP contribution in [-0.2, 0) is 19.0 Å². The molecule has 42 heavy (non-hydrogen) atoms. The Bertz CT molecular complexity index is 1400. The van der Waals surface area contributed by atoms with Crippen molar-refractivity contribution in [1.82, 2.24) is 29.8 Å². The van der Waals surface area contributed by atoms with Gasteiger partial charge in [-0.2, -0.15) is 15.0 Å². The van der Waals surface area contributed by atoms with Gasteiger partial charge in [0, 0.05) is 26.2 Å². The van der Waals surface area contributed by atoms with Gasteiger partial charge in [-0.05, 0) is 32.9 Å². The summed E-state index contributed by atoms with van der Waals surface area (Å²) in [6, 6.07) is 4.72. The summed E-state index contributed by atoms with van der Waals surface area (Å²) < 4.78 is 46.1. The molecule has 0 aliphatic carbocycles. The highest BCUT2D eigenvalue weighted by Crippen LogP contribution is 2.31. The normalized spacial score (nSPS) is 16.1. The molecule has 2 aromatic heterocycles. The SMILES string of the molecule is CC(C)(C)OC(=O)NCC(=O)Nc1cccc2c1nc(C(F)F)n2-c1nc(N2CCOCC2)nc(N2CCOCC2)n1. The number of hydrogen-bond acceptors (Lipinski definition) is 11. The summed E-state index contributed by atoms with van der Waals surface area (Å²) >= 11 is 0. The Balaban J connectivity index is 1.50. The Hall–Kier alpha value is -4.18. The molecule has 2 aliphatic heterocycles. The van der Waals surface area contributed by atoms with Gasteiger partial charge in [0.15, 0.2) is 5.82 Å². The summed E-state index contributed by atoms with van der Waals surface area (Å²) in [5, 5.41) is 5.00. The predicted octanol–water partition coefficient (Wildman–Crippen LogP) is 2.28. The van der Waals surface area contributed by atoms with Crippen molar-refractivity contribution in [1.29, 1.82) is 0 Å². The molecule has 2 amide bonds. The molecule has 4 heterocycles. The number of para-hydroxylation sites is 1. The number of rotatable bonds is 7. The number of anilines is 3. The van der Waals surface area contributed by atoms with Crippen LogP contribution in [0.15, 0.2) is 18.2 Å². The monoisotopic (exact) mass is 589 g/mol. The molecule has 0 unspecified atom stereocenters. The van der Waals surface area contributed by atoms with E-state index in [9.17, 15) is 18.4 Å². The van der Waals surface area contributed by atoms with E-state index in [0.717, 1.165) is 0 Å². The molecule has 2 N–H and O–H groups in total. The maximum atomic E-state index is 14.4. The van der Waals surface area contributed by atoms with Gasteiger partial charge < -0.3 is 34.6 Å². The average Bonchev–Trinajstić information content (AvgIpc) is 3.37. The number of imidazole rings is 1. The van der Waals surface area contributed by atoms with E-state index < -0.39 is 36.4 Å². The quantitative estimate of drug-likeness (QED) is 0.418. The Kier molecular flexibility index (Phi) is 8.63. The standard InChI is InChI=1S/C26H33F2N9O5/c1-26(2,3)42-25(39)29-15-18(38)30-16-5-4-6-17-19(16)31-21(20(27)28)37(17)24-33-22(35-7-11-40-12-8-35)32-23(34-24)36-9-13-41-14-10-36/h4-6,20H,7-15H2,1-3H3,(H,29,39)(H,30,38). The van der Waals surface area contributed by atoms with Crippen molar-refractivity contribution < 1.29 is 32.6 Å². The van der Waals surface area contributed by atoms with Crippen molar-refractivity contribution in [3.05, 3.63) is 24.0 Å². The van der Waals surface area contributed by atoms with Crippen LogP contribution in [0.25, 0.3) is 17.0 Å². The van der Waals surface area contributed by atoms with Crippen LogP contribution in [0.3, 0.4) is 0 Å². The maximum Gasteiger partial charge on any atom is 0.408 e. The lowest BCUT2D eigenvalue weighted by Gasteiger charge is -2.30. The number of carbonyl (C=O) groups excluding carboxylic acids is 2. The topological polar surface area (TPSA) is 149 Å². The molecule has 2 saturated heterocycles. The highest BCUT2D eigenvalue weighted by atomic mass is 19.3. The number of amides is 2. The third-order valence-corrected chi connectivity index (χ3v) is 6.36. The molecule has 5 rings (SSSR count). The fourth-order valence-corrected chi connectivity index (χ4v) is 4.49. The zero-order valence-corrected chi connectivity index (χ0v) is 23.6. The van der Waals surface area contributed by atoms with Gasteiger partial charge in [0.05, 0.1) is 37.6 Å². The van der Waals surface area contributed by atoms with Crippen molar-refractivity contribution in [3.63, 3.8) is 0 Å². The minimum atomic E-state index is -2.98. The van der Waals surface area contributed by atoms with Gasteiger partial charge in [-0.25, -0.2) is 18.6 Å². The molecule has 0 saturated carbocycles. The van der Waals surface area contributed by atoms with E-state index in [1.165, 1.54) is 10.6 Å². The highest BCUT2D eigenvalue weighted by molar-refractivity contribution is 6.01. The molecule has 1 aromatic carbocycles. The lowest BCUT2D eigenvalue weighted by atomic mass is 10.2. The summed E-state index contributed by atoms with van der Waals surface area (Å²) in [6.07, 6.45) is -3.74. The van der Waals surface area contributed by atoms with E-state index in [1.807, 2.05) is 9.80 Å². The molecule has 0 atom stereocenters. The van der Waals surface area contributed by atoms with Crippen LogP contribution in [-0.4, -0.2) is 101 Å². The smallest absolute Gasteiger partial charge is 0.408 e. The number of benzene rings is 1. The number of alkyl carbamates (subject to hydrolysis) is 1. The molecule has 226 valence electrons. The van der Waals surface area contributed by atoms with Crippen molar-refractivity contribution in [3.8, 4) is 5.95 Å². The van der Waals surface area contributed by atoms with Crippen LogP contribution in [0.1, 0.15) is 33.0 Å². The van der Waals surface area contributed by atoms with E-state index >= 15 is 0 Å². The molecular weight excluding hydrogens is 556 g/mol. The summed E-state index contributed by atoms with van der Waals surface area (Å²) in [6.45, 7) is 8.76. The van der Waals surface area contributed by atoms with Crippen LogP contribution in [0.4, 0.5) is 31.2 Å². The first-order chi connectivity index (χ1) is 20.1. The summed E-state index contributed by atoms with van der Waals surface area (Å²) in [5.41, 5.74) is -0.182. The number of halogens is 2. The summed E-state index contributed by atoms with van der Waals surface area (Å²) in [5.74, 6) is -0.536. The van der Waals surface area contributed by atoms with E-state index in [4.69, 9.17) is 14.2 Å². The van der Waals surface area contributed by atoms with Gasteiger partial charge in [0.1, 0.15) is 17.7 Å². The predicted molar refractivity (Wildman–Crippen MR) is 148 cm³/mol. The van der Waals surface area contributed by atoms with Crippen LogP contribution >= 0.6 is 0 Å². The minimum absolute atomic E-state index is 0.0270. The number of fused-ring (bicyclic) bond motifs is 1. The molecular formula is C26H33F2N9O5. The maximum absolute atomic E-state index is 14.4. The number of carbonyl (C=O) groups is 2. The van der Waals surface area contributed by atoms with E-state index in [0.29, 0.717) is 64.5 Å². The minimum Gasteiger partial charge on any atom is -0.444 e. The van der Waals surface area contributed by atoms with E-state index in [1.54, 1.807) is 32.9 Å². The Labute approximate surface area is 240 Å². The molecule has 16 heteroatoms. The van der Waals surface area contributed by atoms with Crippen molar-refractivity contribution in [2.75, 3.05) is 74.3 Å². The second kappa shape index (κ2) is 12.4. The van der Waals surface area contributed by atoms with Crippen LogP contribution in [0.2, 0.25) is 0 Å². The zero-order chi connectivity index (χ0) is 29.9. The average molecular weight is 590 g/mol. The lowest BCUT2D eigenvalue weighted by molar-refractivity contribution is -0.115. The first kappa shape index (κ1) is 29.3. The zero-order valence-electron chi connectivity index (χ0n) is 23.6. The van der Waals surface area contributed by atoms with Crippen molar-refractivity contribution in [2.45, 2.75) is 32.8 Å². The van der Waals surface area contributed by atoms with Gasteiger partial charge in [0.2, 0.25) is 23.8 Å². The van der Waals surface area contributed by atoms with Gasteiger partial charge in [-0.15, -0.1) is 0 Å². The van der Waals surface area contributed by atoms with Crippen LogP contribution < -0.4 is 20.4 Å². The van der Waals surface area contributed by atoms with Gasteiger partial charge in [-0.1, -0.05) is 6.07 Å². The Morgan fingerprint density at radius 3 is 2.05 bits per heavy atom. The summed E-state index contributed by atoms with van der Waals surface area (Å²) in [4.78, 5) is 46.4. The second-order valence-electron chi connectivity index (χ2n) is 10.6. The van der Waals surface area contributed by atoms with Crippen molar-refractivity contribution in [2.24, 2.45) is 0 Å². The van der Waals surface area contributed by atoms with Gasteiger partial charge in [-0.3, -0.25) is 9.36 Å². The first-order valence-corrected chi connectivity index (χ1v) is 13.6. The lowest BCUT2D eigenvalue weighted by Crippen LogP contribution is -2.40. The van der Waals surface area contributed by atoms with Crippen molar-refractivity contribution >= 4 is 40.6 Å². The van der Waals surface area contributed by atoms with Gasteiger partial charge in [0.25, 0.3) is 6.43 Å². The van der Waals surface area contributed by atoms with Crippen LogP contribution in [0, 0.1) is 0 Å². The molecule has 3 aromatic rings. The molecule has 2 aliphatic rings. The molecule has 14 nitrogen and oxygen atoms in total. The fourth-order valence-electron chi connectivity index (χ4n) is 4.49. The number of nitrogens with one attached hydrogen (secondary N) is 2. The molecule has 2 fully saturated rings. The van der Waals surface area contributed by atoms with Gasteiger partial charge >= 0.3 is 6.09 Å². The molecule has 0 radical (unpaired) electrons. The molecule has 0 spiro atoms. The number of ether oxygens (including phenoxy) is 3. The highest BCUT2D eigenvalue weighted by Gasteiger charge is 2.27. The molecule has 0 bridgehead atoms. The largest absolute Gasteiger partial charge is 0.444 e. The number of alkyl halides is 2. The summed E-state index contributed by atoms with van der Waals surface area (Å²) in [7, 11) is 0. The number of aromatic nitrogens is 5. The Morgan fingerprint density at radius 1 is 0.929 bits per heavy atom. The van der Waals surface area contributed by atoms with Crippen LogP contribution in [0.5, 0.6) is 0 Å². The first-order valence-electron chi connectivity index (χ1n) is 13.6. The number of nitrogens with zero attached hydrogens (tertiary/aromatic N) is 7. The second-order valence-corrected chi connectivity index (χ2v) is 10.6. The Morgan fingerprint density at radius 2 is 1.50 bits per heavy atom. The number of hydrogen-bond donors (Lipinski definition) is 2. The van der Waals surface area contributed by atoms with E-state index in [2.05, 4.69) is 30.6 Å². The number of morpholine rings is 2. The third-order valence-electron chi connectivity index (χ3n) is 6.36. The van der Waals surface area contributed by atoms with E-state index in [-0.39, 0.29) is 22.7 Å². The third kappa shape index (κ3) is 6.82.